The number of hydrogen-bond donors (Lipinski definition) is 3. The fourth-order valence-corrected chi connectivity index (χ4v) is 2.90. The highest BCUT2D eigenvalue weighted by Crippen LogP contribution is 2.15. The first kappa shape index (κ1) is 17.0. The summed E-state index contributed by atoms with van der Waals surface area (Å²) < 4.78 is 1.92. The zero-order valence-electron chi connectivity index (χ0n) is 14.2. The van der Waals surface area contributed by atoms with Crippen LogP contribution >= 0.6 is 0 Å². The molecule has 0 saturated carbocycles. The summed E-state index contributed by atoms with van der Waals surface area (Å²) in [6.45, 7) is 2.59. The fraction of sp³-hybridized carbons (Fsp3) is 0.389. The molecular weight excluding hydrogens is 318 g/mol. The van der Waals surface area contributed by atoms with E-state index < -0.39 is 6.04 Å². The molecule has 7 heteroatoms. The number of aromatic nitrogens is 2. The first-order chi connectivity index (χ1) is 12.1. The average molecular weight is 341 g/mol. The fourth-order valence-electron chi connectivity index (χ4n) is 2.90. The average Bonchev–Trinajstić information content (AvgIpc) is 3.07. The van der Waals surface area contributed by atoms with Gasteiger partial charge in [-0.15, -0.1) is 0 Å². The molecule has 0 bridgehead atoms. The van der Waals surface area contributed by atoms with Crippen LogP contribution in [0.5, 0.6) is 0 Å². The van der Waals surface area contributed by atoms with E-state index in [0.717, 1.165) is 24.1 Å². The van der Waals surface area contributed by atoms with Crippen LogP contribution in [0.3, 0.4) is 0 Å². The standard InChI is InChI=1S/C18H23N5O2/c1-13(14-5-7-15(8-6-14)23-11-10-19-12-23)21-18(25)22-16-4-2-3-9-20-17(16)24/h5-8,10-13,16H,2-4,9H2,1H3,(H,20,24)(H2,21,22,25)/t13-,16-/m1/s1. The molecule has 1 aromatic heterocycles. The normalized spacial score (nSPS) is 18.8. The van der Waals surface area contributed by atoms with Crippen LogP contribution in [-0.2, 0) is 4.79 Å². The van der Waals surface area contributed by atoms with Gasteiger partial charge < -0.3 is 20.5 Å². The van der Waals surface area contributed by atoms with Crippen LogP contribution in [0.2, 0.25) is 0 Å². The molecule has 0 unspecified atom stereocenters. The van der Waals surface area contributed by atoms with E-state index in [4.69, 9.17) is 0 Å². The molecule has 3 N–H and O–H groups in total. The number of nitrogens with zero attached hydrogens (tertiary/aromatic N) is 2. The third-order valence-electron chi connectivity index (χ3n) is 4.38. The van der Waals surface area contributed by atoms with E-state index in [-0.39, 0.29) is 18.0 Å². The molecule has 1 saturated heterocycles. The Morgan fingerprint density at radius 1 is 1.32 bits per heavy atom. The Kier molecular flexibility index (Phi) is 5.33. The lowest BCUT2D eigenvalue weighted by Crippen LogP contribution is -2.49. The Bertz CT molecular complexity index is 712. The molecule has 1 aliphatic heterocycles. The van der Waals surface area contributed by atoms with Gasteiger partial charge in [0.15, 0.2) is 0 Å². The van der Waals surface area contributed by atoms with E-state index >= 15 is 0 Å². The predicted molar refractivity (Wildman–Crippen MR) is 94.3 cm³/mol. The van der Waals surface area contributed by atoms with Crippen molar-refractivity contribution in [2.45, 2.75) is 38.3 Å². The largest absolute Gasteiger partial charge is 0.354 e. The smallest absolute Gasteiger partial charge is 0.315 e. The van der Waals surface area contributed by atoms with Crippen molar-refractivity contribution in [3.8, 4) is 5.69 Å². The van der Waals surface area contributed by atoms with Gasteiger partial charge in [-0.05, 0) is 43.9 Å². The van der Waals surface area contributed by atoms with Crippen molar-refractivity contribution in [3.05, 3.63) is 48.5 Å². The number of benzene rings is 1. The van der Waals surface area contributed by atoms with Crippen molar-refractivity contribution in [1.29, 1.82) is 0 Å². The van der Waals surface area contributed by atoms with Gasteiger partial charge in [-0.2, -0.15) is 0 Å². The van der Waals surface area contributed by atoms with E-state index in [2.05, 4.69) is 20.9 Å². The van der Waals surface area contributed by atoms with Gasteiger partial charge in [-0.3, -0.25) is 4.79 Å². The van der Waals surface area contributed by atoms with E-state index in [1.807, 2.05) is 42.0 Å². The molecule has 132 valence electrons. The summed E-state index contributed by atoms with van der Waals surface area (Å²) in [5.74, 6) is -0.106. The Labute approximate surface area is 146 Å². The number of nitrogens with one attached hydrogen (secondary N) is 3. The van der Waals surface area contributed by atoms with Crippen LogP contribution in [-0.4, -0.2) is 34.1 Å². The molecule has 2 heterocycles. The van der Waals surface area contributed by atoms with Gasteiger partial charge in [0.2, 0.25) is 5.91 Å². The van der Waals surface area contributed by atoms with Crippen molar-refractivity contribution < 1.29 is 9.59 Å². The number of rotatable bonds is 4. The topological polar surface area (TPSA) is 88.0 Å². The van der Waals surface area contributed by atoms with Gasteiger partial charge >= 0.3 is 6.03 Å². The zero-order valence-corrected chi connectivity index (χ0v) is 14.2. The molecule has 1 aromatic carbocycles. The van der Waals surface area contributed by atoms with Gasteiger partial charge in [0, 0.05) is 24.6 Å². The minimum atomic E-state index is -0.460. The summed E-state index contributed by atoms with van der Waals surface area (Å²) in [6.07, 6.45) is 7.89. The maximum Gasteiger partial charge on any atom is 0.315 e. The second-order valence-electron chi connectivity index (χ2n) is 6.24. The molecule has 25 heavy (non-hydrogen) atoms. The minimum Gasteiger partial charge on any atom is -0.354 e. The van der Waals surface area contributed by atoms with Crippen molar-refractivity contribution >= 4 is 11.9 Å². The Morgan fingerprint density at radius 3 is 2.84 bits per heavy atom. The number of imidazole rings is 1. The Morgan fingerprint density at radius 2 is 2.12 bits per heavy atom. The van der Waals surface area contributed by atoms with E-state index in [1.54, 1.807) is 12.5 Å². The van der Waals surface area contributed by atoms with Gasteiger partial charge in [0.1, 0.15) is 6.04 Å². The summed E-state index contributed by atoms with van der Waals surface area (Å²) in [4.78, 5) is 28.1. The Balaban J connectivity index is 1.56. The van der Waals surface area contributed by atoms with Gasteiger partial charge in [-0.1, -0.05) is 12.1 Å². The van der Waals surface area contributed by atoms with Crippen LogP contribution in [0.25, 0.3) is 5.69 Å². The summed E-state index contributed by atoms with van der Waals surface area (Å²) in [5.41, 5.74) is 2.00. The molecule has 1 aliphatic rings. The summed E-state index contributed by atoms with van der Waals surface area (Å²) in [5, 5.41) is 8.47. The predicted octanol–water partition coefficient (Wildman–Crippen LogP) is 1.90. The zero-order chi connectivity index (χ0) is 17.6. The monoisotopic (exact) mass is 341 g/mol. The lowest BCUT2D eigenvalue weighted by Gasteiger charge is -2.19. The van der Waals surface area contributed by atoms with Crippen molar-refractivity contribution in [2.24, 2.45) is 0 Å². The van der Waals surface area contributed by atoms with Crippen molar-refractivity contribution in [1.82, 2.24) is 25.5 Å². The molecular formula is C18H23N5O2. The number of carbonyl (C=O) groups excluding carboxylic acids is 2. The lowest BCUT2D eigenvalue weighted by atomic mass is 10.1. The number of carbonyl (C=O) groups is 2. The SMILES string of the molecule is C[C@@H](NC(=O)N[C@@H]1CCCCNC1=O)c1ccc(-n2ccnc2)cc1. The van der Waals surface area contributed by atoms with Crippen LogP contribution in [0, 0.1) is 0 Å². The summed E-state index contributed by atoms with van der Waals surface area (Å²) in [7, 11) is 0. The molecule has 0 spiro atoms. The molecule has 3 rings (SSSR count). The quantitative estimate of drug-likeness (QED) is 0.794. The summed E-state index contributed by atoms with van der Waals surface area (Å²) in [6, 6.07) is 6.95. The Hall–Kier alpha value is -2.83. The van der Waals surface area contributed by atoms with E-state index in [0.29, 0.717) is 13.0 Å². The lowest BCUT2D eigenvalue weighted by molar-refractivity contribution is -0.122. The first-order valence-electron chi connectivity index (χ1n) is 8.56. The van der Waals surface area contributed by atoms with Crippen LogP contribution in [0.15, 0.2) is 43.0 Å². The highest BCUT2D eigenvalue weighted by Gasteiger charge is 2.22. The number of urea groups is 1. The number of hydrogen-bond acceptors (Lipinski definition) is 3. The molecule has 2 atom stereocenters. The molecule has 0 aliphatic carbocycles. The van der Waals surface area contributed by atoms with Gasteiger partial charge in [-0.25, -0.2) is 9.78 Å². The maximum absolute atomic E-state index is 12.2. The third kappa shape index (κ3) is 4.37. The molecule has 0 radical (unpaired) electrons. The van der Waals surface area contributed by atoms with Crippen molar-refractivity contribution in [3.63, 3.8) is 0 Å². The molecule has 3 amide bonds. The van der Waals surface area contributed by atoms with Crippen LogP contribution in [0.1, 0.15) is 37.8 Å². The highest BCUT2D eigenvalue weighted by molar-refractivity contribution is 5.87. The highest BCUT2D eigenvalue weighted by atomic mass is 16.2. The number of amides is 3. The second-order valence-corrected chi connectivity index (χ2v) is 6.24. The van der Waals surface area contributed by atoms with Gasteiger partial charge in [0.05, 0.1) is 12.4 Å². The maximum atomic E-state index is 12.2. The molecule has 1 fully saturated rings. The van der Waals surface area contributed by atoms with Crippen LogP contribution in [0.4, 0.5) is 4.79 Å². The molecule has 7 nitrogen and oxygen atoms in total. The van der Waals surface area contributed by atoms with Crippen LogP contribution < -0.4 is 16.0 Å². The van der Waals surface area contributed by atoms with Gasteiger partial charge in [0.25, 0.3) is 0 Å². The molecule has 2 aromatic rings. The minimum absolute atomic E-state index is 0.106. The van der Waals surface area contributed by atoms with E-state index in [9.17, 15) is 9.59 Å². The summed E-state index contributed by atoms with van der Waals surface area (Å²) >= 11 is 0. The first-order valence-corrected chi connectivity index (χ1v) is 8.56. The second kappa shape index (κ2) is 7.83. The van der Waals surface area contributed by atoms with Crippen molar-refractivity contribution in [2.75, 3.05) is 6.54 Å². The third-order valence-corrected chi connectivity index (χ3v) is 4.38. The van der Waals surface area contributed by atoms with E-state index in [1.165, 1.54) is 0 Å².